The van der Waals surface area contributed by atoms with Gasteiger partial charge in [-0.3, -0.25) is 0 Å². The fraction of sp³-hybridized carbons (Fsp3) is 0.400. The smallest absolute Gasteiger partial charge is 0.336 e. The number of hydrogen-bond acceptors (Lipinski definition) is 3. The quantitative estimate of drug-likeness (QED) is 0.450. The molecule has 0 bridgehead atoms. The molecule has 0 unspecified atom stereocenters. The van der Waals surface area contributed by atoms with Crippen LogP contribution in [0.4, 0.5) is 0 Å². The molecule has 4 heteroatoms. The maximum absolute atomic E-state index is 11.4. The van der Waals surface area contributed by atoms with Crippen LogP contribution in [0.1, 0.15) is 67.6 Å². The number of fused-ring (bicyclic) bond motifs is 1. The van der Waals surface area contributed by atoms with Crippen molar-refractivity contribution < 1.29 is 15.1 Å². The third-order valence-corrected chi connectivity index (χ3v) is 3.47. The van der Waals surface area contributed by atoms with Gasteiger partial charge in [-0.2, -0.15) is 0 Å². The van der Waals surface area contributed by atoms with Crippen molar-refractivity contribution in [1.29, 1.82) is 0 Å². The molecule has 0 atom stereocenters. The normalized spacial score (nSPS) is 11.2. The minimum Gasteiger partial charge on any atom is -0.478 e. The number of carboxylic acid groups (broad SMARTS) is 1. The largest absolute Gasteiger partial charge is 0.478 e. The van der Waals surface area contributed by atoms with Crippen LogP contribution < -0.4 is 0 Å². The zero-order valence-electron chi connectivity index (χ0n) is 15.3. The molecule has 2 aliphatic carbocycles. The lowest BCUT2D eigenvalue weighted by atomic mass is 10.0. The van der Waals surface area contributed by atoms with Crippen LogP contribution in [-0.2, 0) is 0 Å². The van der Waals surface area contributed by atoms with Gasteiger partial charge >= 0.3 is 5.97 Å². The molecule has 0 radical (unpaired) electrons. The average Bonchev–Trinajstić information content (AvgIpc) is 2.71. The van der Waals surface area contributed by atoms with Gasteiger partial charge in [-0.05, 0) is 47.1 Å². The maximum Gasteiger partial charge on any atom is 0.336 e. The fourth-order valence-electron chi connectivity index (χ4n) is 2.39. The van der Waals surface area contributed by atoms with E-state index in [1.165, 1.54) is 6.21 Å². The Morgan fingerprint density at radius 1 is 1.12 bits per heavy atom. The van der Waals surface area contributed by atoms with Gasteiger partial charge in [0.25, 0.3) is 0 Å². The third-order valence-electron chi connectivity index (χ3n) is 3.47. The molecular formula is C20H27NO3. The van der Waals surface area contributed by atoms with Gasteiger partial charge in [0.1, 0.15) is 0 Å². The van der Waals surface area contributed by atoms with Gasteiger partial charge in [0.2, 0.25) is 0 Å². The first-order valence-electron chi connectivity index (χ1n) is 8.17. The second kappa shape index (κ2) is 8.48. The maximum atomic E-state index is 11.4. The van der Waals surface area contributed by atoms with Crippen molar-refractivity contribution in [1.82, 2.24) is 0 Å². The van der Waals surface area contributed by atoms with Crippen molar-refractivity contribution in [3.05, 3.63) is 46.5 Å². The summed E-state index contributed by atoms with van der Waals surface area (Å²) in [6, 6.07) is 7.45. The lowest BCUT2D eigenvalue weighted by Crippen LogP contribution is -1.95. The van der Waals surface area contributed by atoms with Gasteiger partial charge < -0.3 is 10.3 Å². The number of hydrogen-bond donors (Lipinski definition) is 2. The Labute approximate surface area is 144 Å². The number of rotatable bonds is 3. The van der Waals surface area contributed by atoms with E-state index in [9.17, 15) is 9.90 Å². The molecule has 0 heterocycles. The molecule has 0 fully saturated rings. The highest BCUT2D eigenvalue weighted by atomic mass is 16.4. The Morgan fingerprint density at radius 3 is 2.17 bits per heavy atom. The number of nitrogens with zero attached hydrogens (tertiary/aromatic N) is 1. The molecule has 0 saturated carbocycles. The van der Waals surface area contributed by atoms with E-state index in [-0.39, 0.29) is 5.56 Å². The van der Waals surface area contributed by atoms with E-state index in [0.29, 0.717) is 17.0 Å². The number of aryl methyl sites for hydroxylation is 1. The lowest BCUT2D eigenvalue weighted by Gasteiger charge is -2.04. The van der Waals surface area contributed by atoms with Crippen molar-refractivity contribution in [2.45, 2.75) is 47.5 Å². The monoisotopic (exact) mass is 329 g/mol. The zero-order valence-corrected chi connectivity index (χ0v) is 15.3. The Bertz CT molecular complexity index is 700. The van der Waals surface area contributed by atoms with Crippen molar-refractivity contribution in [2.75, 3.05) is 0 Å². The first-order valence-corrected chi connectivity index (χ1v) is 8.17. The minimum atomic E-state index is -0.979. The van der Waals surface area contributed by atoms with Crippen molar-refractivity contribution in [2.24, 2.45) is 11.1 Å². The first kappa shape index (κ1) is 19.7. The molecule has 0 aliphatic heterocycles. The van der Waals surface area contributed by atoms with E-state index in [4.69, 9.17) is 5.21 Å². The Kier molecular flexibility index (Phi) is 6.96. The Morgan fingerprint density at radius 2 is 1.71 bits per heavy atom. The van der Waals surface area contributed by atoms with Crippen LogP contribution in [0, 0.1) is 12.8 Å². The van der Waals surface area contributed by atoms with Gasteiger partial charge in [-0.1, -0.05) is 58.0 Å². The predicted octanol–water partition coefficient (Wildman–Crippen LogP) is 5.39. The van der Waals surface area contributed by atoms with E-state index in [1.54, 1.807) is 6.07 Å². The SMILES string of the molecule is CC(C)C.Cc1ccc(C(C)C)cc2c(C=NO)cc(C(=O)O)c1-2. The molecule has 0 aromatic carbocycles. The van der Waals surface area contributed by atoms with Crippen LogP contribution in [-0.4, -0.2) is 22.5 Å². The van der Waals surface area contributed by atoms with Crippen LogP contribution in [0.5, 0.6) is 0 Å². The van der Waals surface area contributed by atoms with Gasteiger partial charge in [0, 0.05) is 5.56 Å². The van der Waals surface area contributed by atoms with E-state index in [2.05, 4.69) is 39.8 Å². The summed E-state index contributed by atoms with van der Waals surface area (Å²) < 4.78 is 0. The van der Waals surface area contributed by atoms with E-state index in [1.807, 2.05) is 25.1 Å². The van der Waals surface area contributed by atoms with Gasteiger partial charge in [0.05, 0.1) is 11.8 Å². The molecule has 24 heavy (non-hydrogen) atoms. The molecule has 0 aromatic rings. The van der Waals surface area contributed by atoms with Crippen LogP contribution in [0.2, 0.25) is 0 Å². The molecule has 0 amide bonds. The molecule has 2 rings (SSSR count). The van der Waals surface area contributed by atoms with Gasteiger partial charge in [0.15, 0.2) is 0 Å². The summed E-state index contributed by atoms with van der Waals surface area (Å²) in [6.07, 6.45) is 1.28. The highest BCUT2D eigenvalue weighted by Crippen LogP contribution is 2.35. The highest BCUT2D eigenvalue weighted by Gasteiger charge is 2.21. The molecular weight excluding hydrogens is 302 g/mol. The summed E-state index contributed by atoms with van der Waals surface area (Å²) in [6.45, 7) is 12.5. The molecule has 0 saturated heterocycles. The molecule has 2 aliphatic rings. The molecule has 4 nitrogen and oxygen atoms in total. The topological polar surface area (TPSA) is 69.9 Å². The third kappa shape index (κ3) is 4.82. The van der Waals surface area contributed by atoms with E-state index >= 15 is 0 Å². The standard InChI is InChI=1S/C16H17NO3.C4H10/c1-9(2)11-5-4-10(3)15-13(6-11)12(8-17-20)7-14(15)16(18)19;1-4(2)3/h4-9,20H,1-3H3,(H,18,19);4H,1-3H3. The highest BCUT2D eigenvalue weighted by molar-refractivity contribution is 6.05. The summed E-state index contributed by atoms with van der Waals surface area (Å²) in [7, 11) is 0. The lowest BCUT2D eigenvalue weighted by molar-refractivity contribution is 0.0698. The molecule has 0 aromatic heterocycles. The Hall–Kier alpha value is -2.36. The van der Waals surface area contributed by atoms with Crippen LogP contribution in [0.15, 0.2) is 29.4 Å². The number of oxime groups is 1. The summed E-state index contributed by atoms with van der Waals surface area (Å²) in [5, 5.41) is 21.1. The summed E-state index contributed by atoms with van der Waals surface area (Å²) >= 11 is 0. The van der Waals surface area contributed by atoms with Crippen molar-refractivity contribution in [3.63, 3.8) is 0 Å². The predicted molar refractivity (Wildman–Crippen MR) is 98.7 cm³/mol. The van der Waals surface area contributed by atoms with Crippen LogP contribution >= 0.6 is 0 Å². The summed E-state index contributed by atoms with van der Waals surface area (Å²) in [4.78, 5) is 11.4. The van der Waals surface area contributed by atoms with E-state index < -0.39 is 5.97 Å². The second-order valence-corrected chi connectivity index (χ2v) is 6.90. The summed E-state index contributed by atoms with van der Waals surface area (Å²) in [5.74, 6) is 0.181. The fourth-order valence-corrected chi connectivity index (χ4v) is 2.39. The van der Waals surface area contributed by atoms with Gasteiger partial charge in [-0.15, -0.1) is 0 Å². The second-order valence-electron chi connectivity index (χ2n) is 6.90. The first-order chi connectivity index (χ1) is 11.2. The summed E-state index contributed by atoms with van der Waals surface area (Å²) in [5.41, 5.74) is 4.34. The van der Waals surface area contributed by atoms with Crippen molar-refractivity contribution in [3.8, 4) is 11.1 Å². The zero-order chi connectivity index (χ0) is 18.4. The molecule has 0 spiro atoms. The minimum absolute atomic E-state index is 0.235. The van der Waals surface area contributed by atoms with Crippen LogP contribution in [0.3, 0.4) is 0 Å². The number of aromatic carboxylic acids is 1. The number of carbonyl (C=O) groups is 1. The van der Waals surface area contributed by atoms with E-state index in [0.717, 1.165) is 22.6 Å². The van der Waals surface area contributed by atoms with Crippen molar-refractivity contribution >= 4 is 12.2 Å². The Balaban J connectivity index is 0.000000648. The van der Waals surface area contributed by atoms with Gasteiger partial charge in [-0.25, -0.2) is 4.79 Å². The molecule has 130 valence electrons. The van der Waals surface area contributed by atoms with Crippen LogP contribution in [0.25, 0.3) is 11.1 Å². The average molecular weight is 329 g/mol. The number of carboxylic acids is 1. The molecule has 2 N–H and O–H groups in total.